The molecule has 1 fully saturated rings. The van der Waals surface area contributed by atoms with Gasteiger partial charge in [0.25, 0.3) is 0 Å². The van der Waals surface area contributed by atoms with Gasteiger partial charge in [-0.2, -0.15) is 4.72 Å². The second kappa shape index (κ2) is 9.73. The zero-order valence-corrected chi connectivity index (χ0v) is 18.3. The Morgan fingerprint density at radius 2 is 1.67 bits per heavy atom. The van der Waals surface area contributed by atoms with Gasteiger partial charge in [0.05, 0.1) is 4.90 Å². The van der Waals surface area contributed by atoms with E-state index in [1.54, 1.807) is 12.1 Å². The molecule has 0 bridgehead atoms. The standard InChI is InChI=1S/C23H29NO5S/c1-18-11-13-20(14-12-18)30(26,27)24-21(17-19-9-5-3-6-10-19)22(25)29-23(28-2)15-7-4-8-16-23/h3,5-6,9-14,21,24H,4,7-8,15-17H2,1-2H3/t21-/m0/s1. The Bertz CT molecular complexity index is 935. The third-order valence-corrected chi connectivity index (χ3v) is 6.96. The summed E-state index contributed by atoms with van der Waals surface area (Å²) in [6.45, 7) is 1.88. The van der Waals surface area contributed by atoms with Gasteiger partial charge in [0.1, 0.15) is 6.04 Å². The molecule has 2 aromatic carbocycles. The van der Waals surface area contributed by atoms with Crippen LogP contribution in [-0.4, -0.2) is 33.3 Å². The predicted octanol–water partition coefficient (Wildman–Crippen LogP) is 3.73. The lowest BCUT2D eigenvalue weighted by molar-refractivity contribution is -0.234. The summed E-state index contributed by atoms with van der Waals surface area (Å²) in [7, 11) is -2.37. The molecule has 1 atom stereocenters. The van der Waals surface area contributed by atoms with Gasteiger partial charge < -0.3 is 9.47 Å². The molecule has 162 valence electrons. The number of hydrogen-bond donors (Lipinski definition) is 1. The molecule has 1 aliphatic carbocycles. The van der Waals surface area contributed by atoms with Crippen LogP contribution in [0, 0.1) is 6.92 Å². The van der Waals surface area contributed by atoms with E-state index in [4.69, 9.17) is 9.47 Å². The van der Waals surface area contributed by atoms with Crippen LogP contribution in [0.4, 0.5) is 0 Å². The van der Waals surface area contributed by atoms with Crippen LogP contribution in [0.1, 0.15) is 43.2 Å². The normalized spacial score (nSPS) is 17.3. The lowest BCUT2D eigenvalue weighted by Gasteiger charge is -2.36. The number of benzene rings is 2. The van der Waals surface area contributed by atoms with Crippen molar-refractivity contribution >= 4 is 16.0 Å². The van der Waals surface area contributed by atoms with Gasteiger partial charge in [0.15, 0.2) is 0 Å². The number of ether oxygens (including phenoxy) is 2. The zero-order valence-electron chi connectivity index (χ0n) is 17.5. The summed E-state index contributed by atoms with van der Waals surface area (Å²) < 4.78 is 39.8. The van der Waals surface area contributed by atoms with Crippen molar-refractivity contribution in [3.63, 3.8) is 0 Å². The van der Waals surface area contributed by atoms with E-state index in [9.17, 15) is 13.2 Å². The van der Waals surface area contributed by atoms with E-state index in [1.807, 2.05) is 37.3 Å². The number of nitrogens with one attached hydrogen (secondary N) is 1. The van der Waals surface area contributed by atoms with Crippen LogP contribution in [0.15, 0.2) is 59.5 Å². The zero-order chi connectivity index (χ0) is 21.6. The topological polar surface area (TPSA) is 81.7 Å². The number of hydrogen-bond acceptors (Lipinski definition) is 5. The number of rotatable bonds is 8. The second-order valence-corrected chi connectivity index (χ2v) is 9.49. The average Bonchev–Trinajstić information content (AvgIpc) is 2.75. The predicted molar refractivity (Wildman–Crippen MR) is 114 cm³/mol. The highest BCUT2D eigenvalue weighted by atomic mass is 32.2. The largest absolute Gasteiger partial charge is 0.432 e. The van der Waals surface area contributed by atoms with E-state index in [0.717, 1.165) is 30.4 Å². The van der Waals surface area contributed by atoms with Gasteiger partial charge in [0, 0.05) is 20.0 Å². The molecule has 1 aliphatic rings. The second-order valence-electron chi connectivity index (χ2n) is 7.77. The van der Waals surface area contributed by atoms with E-state index in [1.165, 1.54) is 19.2 Å². The molecule has 0 amide bonds. The monoisotopic (exact) mass is 431 g/mol. The number of carbonyl (C=O) groups is 1. The van der Waals surface area contributed by atoms with Gasteiger partial charge in [-0.15, -0.1) is 0 Å². The maximum Gasteiger partial charge on any atom is 0.327 e. The number of carbonyl (C=O) groups excluding carboxylic acids is 1. The van der Waals surface area contributed by atoms with E-state index in [0.29, 0.717) is 12.8 Å². The van der Waals surface area contributed by atoms with Crippen LogP contribution in [0.5, 0.6) is 0 Å². The molecule has 0 aromatic heterocycles. The van der Waals surface area contributed by atoms with Crippen LogP contribution < -0.4 is 4.72 Å². The molecule has 6 nitrogen and oxygen atoms in total. The molecule has 1 saturated carbocycles. The van der Waals surface area contributed by atoms with Crippen molar-refractivity contribution in [3.8, 4) is 0 Å². The van der Waals surface area contributed by atoms with E-state index >= 15 is 0 Å². The fourth-order valence-electron chi connectivity index (χ4n) is 3.69. The van der Waals surface area contributed by atoms with Crippen LogP contribution in [0.3, 0.4) is 0 Å². The first kappa shape index (κ1) is 22.5. The fraction of sp³-hybridized carbons (Fsp3) is 0.435. The minimum absolute atomic E-state index is 0.109. The first-order valence-electron chi connectivity index (χ1n) is 10.2. The van der Waals surface area contributed by atoms with Crippen LogP contribution >= 0.6 is 0 Å². The highest BCUT2D eigenvalue weighted by Crippen LogP contribution is 2.32. The smallest absolute Gasteiger partial charge is 0.327 e. The molecule has 0 aliphatic heterocycles. The molecule has 0 radical (unpaired) electrons. The molecule has 0 saturated heterocycles. The summed E-state index contributed by atoms with van der Waals surface area (Å²) in [4.78, 5) is 13.2. The summed E-state index contributed by atoms with van der Waals surface area (Å²) >= 11 is 0. The Labute approximate surface area is 178 Å². The highest BCUT2D eigenvalue weighted by molar-refractivity contribution is 7.89. The first-order chi connectivity index (χ1) is 14.3. The summed E-state index contributed by atoms with van der Waals surface area (Å²) in [6, 6.07) is 14.7. The van der Waals surface area contributed by atoms with Crippen molar-refractivity contribution in [2.75, 3.05) is 7.11 Å². The first-order valence-corrected chi connectivity index (χ1v) is 11.7. The third kappa shape index (κ3) is 5.68. The van der Waals surface area contributed by atoms with Crippen LogP contribution in [-0.2, 0) is 30.7 Å². The number of esters is 1. The van der Waals surface area contributed by atoms with Gasteiger partial charge in [-0.05, 0) is 43.9 Å². The quantitative estimate of drug-likeness (QED) is 0.509. The van der Waals surface area contributed by atoms with Crippen molar-refractivity contribution in [2.45, 2.75) is 62.2 Å². The Balaban J connectivity index is 1.84. The summed E-state index contributed by atoms with van der Waals surface area (Å²) in [5.74, 6) is -1.61. The lowest BCUT2D eigenvalue weighted by Crippen LogP contribution is -2.48. The summed E-state index contributed by atoms with van der Waals surface area (Å²) in [5.41, 5.74) is 1.79. The molecule has 0 heterocycles. The molecule has 3 rings (SSSR count). The Kier molecular flexibility index (Phi) is 7.28. The lowest BCUT2D eigenvalue weighted by atomic mass is 9.94. The molecule has 1 N–H and O–H groups in total. The van der Waals surface area contributed by atoms with Crippen LogP contribution in [0.2, 0.25) is 0 Å². The van der Waals surface area contributed by atoms with Crippen molar-refractivity contribution in [1.29, 1.82) is 0 Å². The summed E-state index contributed by atoms with van der Waals surface area (Å²) in [5, 5.41) is 0. The highest BCUT2D eigenvalue weighted by Gasteiger charge is 2.39. The van der Waals surface area contributed by atoms with Crippen molar-refractivity contribution in [3.05, 3.63) is 65.7 Å². The van der Waals surface area contributed by atoms with Gasteiger partial charge in [-0.25, -0.2) is 8.42 Å². The fourth-order valence-corrected chi connectivity index (χ4v) is 4.87. The molecular weight excluding hydrogens is 402 g/mol. The molecule has 0 unspecified atom stereocenters. The van der Waals surface area contributed by atoms with Gasteiger partial charge in [-0.3, -0.25) is 4.79 Å². The Morgan fingerprint density at radius 3 is 2.27 bits per heavy atom. The average molecular weight is 432 g/mol. The minimum atomic E-state index is -3.90. The number of aryl methyl sites for hydroxylation is 1. The SMILES string of the molecule is COC1(OC(=O)[C@H](Cc2ccccc2)NS(=O)(=O)c2ccc(C)cc2)CCCCC1. The van der Waals surface area contributed by atoms with Gasteiger partial charge >= 0.3 is 5.97 Å². The van der Waals surface area contributed by atoms with E-state index in [2.05, 4.69) is 4.72 Å². The molecular formula is C23H29NO5S. The molecule has 2 aromatic rings. The number of sulfonamides is 1. The molecule has 30 heavy (non-hydrogen) atoms. The summed E-state index contributed by atoms with van der Waals surface area (Å²) in [6.07, 6.45) is 4.27. The molecule has 7 heteroatoms. The maximum absolute atomic E-state index is 13.1. The van der Waals surface area contributed by atoms with Crippen molar-refractivity contribution in [2.24, 2.45) is 0 Å². The third-order valence-electron chi connectivity index (χ3n) is 5.47. The van der Waals surface area contributed by atoms with Crippen LogP contribution in [0.25, 0.3) is 0 Å². The Morgan fingerprint density at radius 1 is 1.03 bits per heavy atom. The maximum atomic E-state index is 13.1. The minimum Gasteiger partial charge on any atom is -0.432 e. The van der Waals surface area contributed by atoms with E-state index in [-0.39, 0.29) is 11.3 Å². The van der Waals surface area contributed by atoms with Crippen molar-refractivity contribution < 1.29 is 22.7 Å². The Hall–Kier alpha value is -2.22. The van der Waals surface area contributed by atoms with Gasteiger partial charge in [-0.1, -0.05) is 54.4 Å². The van der Waals surface area contributed by atoms with Crippen molar-refractivity contribution in [1.82, 2.24) is 4.72 Å². The van der Waals surface area contributed by atoms with Gasteiger partial charge in [0.2, 0.25) is 15.8 Å². The molecule has 0 spiro atoms. The van der Waals surface area contributed by atoms with E-state index < -0.39 is 27.8 Å². The number of methoxy groups -OCH3 is 1.